The SMILES string of the molecule is CC1(C)C(=O)C=C[C@@]2(C)[C@@H]1C[C@@H](O)[C@@]1(C)C3=CC[C@H](c4ccoc4)[C@]3(C)CC[C@@H]21. The van der Waals surface area contributed by atoms with E-state index in [1.54, 1.807) is 6.26 Å². The summed E-state index contributed by atoms with van der Waals surface area (Å²) in [5.41, 5.74) is 2.04. The van der Waals surface area contributed by atoms with Gasteiger partial charge in [-0.3, -0.25) is 4.79 Å². The van der Waals surface area contributed by atoms with Gasteiger partial charge in [-0.25, -0.2) is 0 Å². The van der Waals surface area contributed by atoms with Crippen LogP contribution in [0.4, 0.5) is 0 Å². The second-order valence-corrected chi connectivity index (χ2v) is 11.3. The zero-order valence-electron chi connectivity index (χ0n) is 18.4. The number of aliphatic hydroxyl groups excluding tert-OH is 1. The molecule has 29 heavy (non-hydrogen) atoms. The minimum atomic E-state index is -0.421. The van der Waals surface area contributed by atoms with E-state index < -0.39 is 11.5 Å². The van der Waals surface area contributed by atoms with Crippen LogP contribution in [0.2, 0.25) is 0 Å². The predicted molar refractivity (Wildman–Crippen MR) is 113 cm³/mol. The first-order valence-electron chi connectivity index (χ1n) is 11.2. The van der Waals surface area contributed by atoms with E-state index in [1.807, 2.05) is 12.3 Å². The summed E-state index contributed by atoms with van der Waals surface area (Å²) in [6, 6.07) is 2.10. The lowest BCUT2D eigenvalue weighted by Gasteiger charge is -2.66. The summed E-state index contributed by atoms with van der Waals surface area (Å²) in [6.07, 6.45) is 13.6. The van der Waals surface area contributed by atoms with Crippen molar-refractivity contribution in [3.8, 4) is 0 Å². The number of hydrogen-bond acceptors (Lipinski definition) is 3. The van der Waals surface area contributed by atoms with Gasteiger partial charge in [0.1, 0.15) is 0 Å². The molecule has 0 spiro atoms. The van der Waals surface area contributed by atoms with Crippen LogP contribution in [-0.2, 0) is 4.79 Å². The first kappa shape index (κ1) is 19.4. The van der Waals surface area contributed by atoms with Gasteiger partial charge < -0.3 is 9.52 Å². The Hall–Kier alpha value is -1.61. The predicted octanol–water partition coefficient (Wildman–Crippen LogP) is 5.67. The molecule has 3 nitrogen and oxygen atoms in total. The number of hydrogen-bond donors (Lipinski definition) is 1. The maximum Gasteiger partial charge on any atom is 0.161 e. The Morgan fingerprint density at radius 2 is 1.90 bits per heavy atom. The maximum absolute atomic E-state index is 12.7. The fourth-order valence-corrected chi connectivity index (χ4v) is 8.25. The molecule has 2 saturated carbocycles. The van der Waals surface area contributed by atoms with Crippen molar-refractivity contribution in [2.75, 3.05) is 0 Å². The third-order valence-corrected chi connectivity index (χ3v) is 9.90. The number of aliphatic hydroxyl groups is 1. The first-order valence-corrected chi connectivity index (χ1v) is 11.2. The van der Waals surface area contributed by atoms with Crippen LogP contribution in [0.5, 0.6) is 0 Å². The standard InChI is InChI=1S/C26H34O3/c1-23(2)20-14-22(28)26(5)18-7-6-17(16-10-13-29-15-16)24(18,3)11-8-19(26)25(20,4)12-9-21(23)27/h7,9-10,12-13,15,17,19-20,22,28H,6,8,11,14H2,1-5H3/t17-,19+,20-,22-,24+,25-,26+/m1/s1. The molecule has 0 saturated heterocycles. The number of allylic oxidation sites excluding steroid dienone is 3. The van der Waals surface area contributed by atoms with Crippen LogP contribution in [0.3, 0.4) is 0 Å². The molecule has 4 aliphatic rings. The number of carbonyl (C=O) groups is 1. The molecule has 0 aromatic carbocycles. The van der Waals surface area contributed by atoms with Crippen molar-refractivity contribution in [2.45, 2.75) is 72.3 Å². The Labute approximate surface area is 174 Å². The lowest BCUT2D eigenvalue weighted by atomic mass is 9.38. The molecule has 0 radical (unpaired) electrons. The highest BCUT2D eigenvalue weighted by atomic mass is 16.3. The van der Waals surface area contributed by atoms with Crippen molar-refractivity contribution in [3.05, 3.63) is 48.0 Å². The molecule has 1 aromatic heterocycles. The van der Waals surface area contributed by atoms with E-state index in [4.69, 9.17) is 4.42 Å². The van der Waals surface area contributed by atoms with Gasteiger partial charge in [0.05, 0.1) is 18.6 Å². The highest BCUT2D eigenvalue weighted by molar-refractivity contribution is 5.95. The van der Waals surface area contributed by atoms with E-state index in [1.165, 1.54) is 11.1 Å². The Kier molecular flexibility index (Phi) is 3.84. The average Bonchev–Trinajstić information content (AvgIpc) is 3.29. The van der Waals surface area contributed by atoms with E-state index in [2.05, 4.69) is 52.8 Å². The molecule has 0 aliphatic heterocycles. The molecule has 0 amide bonds. The lowest BCUT2D eigenvalue weighted by Crippen LogP contribution is -2.63. The zero-order chi connectivity index (χ0) is 20.8. The maximum atomic E-state index is 12.7. The van der Waals surface area contributed by atoms with E-state index in [0.717, 1.165) is 19.3 Å². The number of furan rings is 1. The molecule has 7 atom stereocenters. The third kappa shape index (κ3) is 2.20. The van der Waals surface area contributed by atoms with Crippen LogP contribution in [0.15, 0.2) is 46.8 Å². The van der Waals surface area contributed by atoms with Crippen LogP contribution < -0.4 is 0 Å². The van der Waals surface area contributed by atoms with Crippen LogP contribution >= 0.6 is 0 Å². The van der Waals surface area contributed by atoms with Gasteiger partial charge in [0, 0.05) is 10.8 Å². The average molecular weight is 395 g/mol. The fourth-order valence-electron chi connectivity index (χ4n) is 8.25. The second kappa shape index (κ2) is 5.75. The van der Waals surface area contributed by atoms with Crippen LogP contribution in [-0.4, -0.2) is 17.0 Å². The molecule has 1 N–H and O–H groups in total. The number of carbonyl (C=O) groups excluding carboxylic acids is 1. The molecule has 4 aliphatic carbocycles. The normalized spacial score (nSPS) is 47.9. The summed E-state index contributed by atoms with van der Waals surface area (Å²) in [5, 5.41) is 11.6. The molecule has 3 heteroatoms. The van der Waals surface area contributed by atoms with Gasteiger partial charge in [-0.05, 0) is 72.0 Å². The van der Waals surface area contributed by atoms with Gasteiger partial charge in [-0.2, -0.15) is 0 Å². The molecule has 1 aromatic rings. The lowest BCUT2D eigenvalue weighted by molar-refractivity contribution is -0.163. The van der Waals surface area contributed by atoms with Gasteiger partial charge in [-0.1, -0.05) is 52.3 Å². The number of ketones is 1. The van der Waals surface area contributed by atoms with E-state index in [-0.39, 0.29) is 27.9 Å². The van der Waals surface area contributed by atoms with Gasteiger partial charge in [0.2, 0.25) is 0 Å². The number of rotatable bonds is 1. The summed E-state index contributed by atoms with van der Waals surface area (Å²) < 4.78 is 5.41. The molecular formula is C26H34O3. The minimum absolute atomic E-state index is 0.0585. The quantitative estimate of drug-likeness (QED) is 0.625. The van der Waals surface area contributed by atoms with Crippen LogP contribution in [0.1, 0.15) is 71.8 Å². The van der Waals surface area contributed by atoms with Gasteiger partial charge in [0.25, 0.3) is 0 Å². The first-order chi connectivity index (χ1) is 13.6. The topological polar surface area (TPSA) is 50.4 Å². The molecular weight excluding hydrogens is 360 g/mol. The Balaban J connectivity index is 1.60. The molecule has 2 fully saturated rings. The molecule has 0 bridgehead atoms. The monoisotopic (exact) mass is 394 g/mol. The summed E-state index contributed by atoms with van der Waals surface area (Å²) in [6.45, 7) is 11.2. The molecule has 1 heterocycles. The van der Waals surface area contributed by atoms with Crippen molar-refractivity contribution in [1.82, 2.24) is 0 Å². The van der Waals surface area contributed by atoms with E-state index in [9.17, 15) is 9.90 Å². The Morgan fingerprint density at radius 3 is 2.59 bits per heavy atom. The summed E-state index contributed by atoms with van der Waals surface area (Å²) in [7, 11) is 0. The highest BCUT2D eigenvalue weighted by Gasteiger charge is 2.67. The van der Waals surface area contributed by atoms with E-state index in [0.29, 0.717) is 18.3 Å². The minimum Gasteiger partial charge on any atom is -0.472 e. The van der Waals surface area contributed by atoms with E-state index >= 15 is 0 Å². The van der Waals surface area contributed by atoms with Crippen molar-refractivity contribution in [2.24, 2.45) is 33.5 Å². The Morgan fingerprint density at radius 1 is 1.14 bits per heavy atom. The summed E-state index contributed by atoms with van der Waals surface area (Å²) in [4.78, 5) is 12.7. The Bertz CT molecular complexity index is 906. The van der Waals surface area contributed by atoms with Gasteiger partial charge in [0.15, 0.2) is 5.78 Å². The largest absolute Gasteiger partial charge is 0.472 e. The van der Waals surface area contributed by atoms with Crippen molar-refractivity contribution < 1.29 is 14.3 Å². The van der Waals surface area contributed by atoms with Gasteiger partial charge in [-0.15, -0.1) is 0 Å². The highest BCUT2D eigenvalue weighted by Crippen LogP contribution is 2.72. The van der Waals surface area contributed by atoms with Crippen LogP contribution in [0.25, 0.3) is 0 Å². The molecule has 0 unspecified atom stereocenters. The fraction of sp³-hybridized carbons (Fsp3) is 0.654. The molecule has 156 valence electrons. The smallest absolute Gasteiger partial charge is 0.161 e. The molecule has 5 rings (SSSR count). The van der Waals surface area contributed by atoms with Crippen molar-refractivity contribution in [1.29, 1.82) is 0 Å². The summed E-state index contributed by atoms with van der Waals surface area (Å²) in [5.74, 6) is 1.15. The third-order valence-electron chi connectivity index (χ3n) is 9.90. The summed E-state index contributed by atoms with van der Waals surface area (Å²) >= 11 is 0. The van der Waals surface area contributed by atoms with Crippen molar-refractivity contribution in [3.63, 3.8) is 0 Å². The zero-order valence-corrected chi connectivity index (χ0v) is 18.4. The van der Waals surface area contributed by atoms with Crippen molar-refractivity contribution >= 4 is 5.78 Å². The second-order valence-electron chi connectivity index (χ2n) is 11.3. The number of fused-ring (bicyclic) bond motifs is 5. The van der Waals surface area contributed by atoms with Gasteiger partial charge >= 0.3 is 0 Å². The van der Waals surface area contributed by atoms with Crippen LogP contribution in [0, 0.1) is 33.5 Å².